The predicted molar refractivity (Wildman–Crippen MR) is 121 cm³/mol. The lowest BCUT2D eigenvalue weighted by Crippen LogP contribution is -2.64. The van der Waals surface area contributed by atoms with Gasteiger partial charge in [0, 0.05) is 25.5 Å². The number of aryl methyl sites for hydroxylation is 1. The molecule has 3 aliphatic heterocycles. The van der Waals surface area contributed by atoms with Gasteiger partial charge in [0.05, 0.1) is 5.69 Å². The first-order valence-corrected chi connectivity index (χ1v) is 10.7. The fourth-order valence-corrected chi connectivity index (χ4v) is 4.60. The van der Waals surface area contributed by atoms with Crippen molar-refractivity contribution in [1.82, 2.24) is 14.7 Å². The number of hydrogen-bond acceptors (Lipinski definition) is 6. The summed E-state index contributed by atoms with van der Waals surface area (Å²) in [6, 6.07) is 16.1. The molecule has 0 aromatic heterocycles. The molecule has 3 amide bonds. The smallest absolute Gasteiger partial charge is 0.328 e. The number of carbonyl (C=O) groups excluding carboxylic acids is 2. The summed E-state index contributed by atoms with van der Waals surface area (Å²) in [6.45, 7) is 2.26. The molecule has 3 aliphatic rings. The lowest BCUT2D eigenvalue weighted by atomic mass is 10.1. The number of phenolic OH excluding ortho intramolecular Hbond substituents is 1. The van der Waals surface area contributed by atoms with Gasteiger partial charge in [-0.15, -0.1) is 0 Å². The van der Waals surface area contributed by atoms with Crippen molar-refractivity contribution >= 4 is 23.6 Å². The fourth-order valence-electron chi connectivity index (χ4n) is 4.60. The number of guanidine groups is 1. The molecule has 8 heteroatoms. The van der Waals surface area contributed by atoms with Crippen LogP contribution in [0.2, 0.25) is 0 Å². The third-order valence-corrected chi connectivity index (χ3v) is 6.20. The number of fused-ring (bicyclic) bond motifs is 3. The molecule has 2 unspecified atom stereocenters. The van der Waals surface area contributed by atoms with Gasteiger partial charge in [-0.2, -0.15) is 0 Å². The van der Waals surface area contributed by atoms with Gasteiger partial charge >= 0.3 is 6.03 Å². The Kier molecular flexibility index (Phi) is 4.84. The summed E-state index contributed by atoms with van der Waals surface area (Å²) >= 11 is 0. The van der Waals surface area contributed by atoms with Gasteiger partial charge in [0.2, 0.25) is 5.96 Å². The number of allylic oxidation sites excluding steroid dienone is 1. The third-order valence-electron chi connectivity index (χ3n) is 6.20. The molecule has 0 bridgehead atoms. The van der Waals surface area contributed by atoms with Crippen molar-refractivity contribution in [3.8, 4) is 5.75 Å². The number of benzene rings is 2. The van der Waals surface area contributed by atoms with Crippen LogP contribution >= 0.6 is 0 Å². The van der Waals surface area contributed by atoms with Crippen molar-refractivity contribution < 1.29 is 14.7 Å². The Morgan fingerprint density at radius 3 is 2.50 bits per heavy atom. The molecule has 0 spiro atoms. The highest BCUT2D eigenvalue weighted by atomic mass is 16.3. The van der Waals surface area contributed by atoms with Gasteiger partial charge in [0.1, 0.15) is 5.75 Å². The molecule has 0 saturated carbocycles. The molecule has 1 fully saturated rings. The summed E-state index contributed by atoms with van der Waals surface area (Å²) in [6.07, 6.45) is 2.74. The number of nitrogens with zero attached hydrogens (tertiary/aromatic N) is 5. The van der Waals surface area contributed by atoms with E-state index in [-0.39, 0.29) is 17.7 Å². The van der Waals surface area contributed by atoms with Gasteiger partial charge in [-0.25, -0.2) is 9.79 Å². The average molecular weight is 431 g/mol. The van der Waals surface area contributed by atoms with Crippen molar-refractivity contribution in [3.05, 3.63) is 72.1 Å². The number of hydrogen-bond donors (Lipinski definition) is 1. The van der Waals surface area contributed by atoms with Gasteiger partial charge in [-0.3, -0.25) is 14.6 Å². The molecule has 32 heavy (non-hydrogen) atoms. The number of phenols is 1. The van der Waals surface area contributed by atoms with E-state index in [4.69, 9.17) is 4.99 Å². The van der Waals surface area contributed by atoms with Crippen LogP contribution in [0.5, 0.6) is 5.75 Å². The Bertz CT molecular complexity index is 1130. The maximum absolute atomic E-state index is 13.4. The molecule has 2 aromatic carbocycles. The molecule has 0 radical (unpaired) electrons. The summed E-state index contributed by atoms with van der Waals surface area (Å²) in [7, 11) is 1.68. The van der Waals surface area contributed by atoms with Crippen LogP contribution in [0.1, 0.15) is 18.9 Å². The minimum Gasteiger partial charge on any atom is -0.506 e. The van der Waals surface area contributed by atoms with Gasteiger partial charge in [-0.05, 0) is 37.5 Å². The van der Waals surface area contributed by atoms with E-state index in [1.807, 2.05) is 59.3 Å². The molecule has 164 valence electrons. The maximum Gasteiger partial charge on any atom is 0.328 e. The van der Waals surface area contributed by atoms with Crippen LogP contribution in [0.15, 0.2) is 71.5 Å². The highest BCUT2D eigenvalue weighted by molar-refractivity contribution is 6.10. The zero-order valence-corrected chi connectivity index (χ0v) is 18.0. The van der Waals surface area contributed by atoms with Gasteiger partial charge in [0.15, 0.2) is 12.2 Å². The van der Waals surface area contributed by atoms with Crippen LogP contribution in [-0.2, 0) is 11.2 Å². The first kappa shape index (κ1) is 20.1. The van der Waals surface area contributed by atoms with E-state index in [2.05, 4.69) is 0 Å². The minimum absolute atomic E-state index is 0.123. The predicted octanol–water partition coefficient (Wildman–Crippen LogP) is 2.97. The summed E-state index contributed by atoms with van der Waals surface area (Å²) in [5, 5.41) is 10.4. The van der Waals surface area contributed by atoms with Crippen LogP contribution in [-0.4, -0.2) is 63.5 Å². The van der Waals surface area contributed by atoms with Gasteiger partial charge in [-0.1, -0.05) is 42.5 Å². The van der Waals surface area contributed by atoms with E-state index >= 15 is 0 Å². The quantitative estimate of drug-likeness (QED) is 0.787. The summed E-state index contributed by atoms with van der Waals surface area (Å²) in [4.78, 5) is 37.7. The third kappa shape index (κ3) is 3.10. The summed E-state index contributed by atoms with van der Waals surface area (Å²) in [5.74, 6) is 0.421. The highest BCUT2D eigenvalue weighted by Gasteiger charge is 2.54. The zero-order valence-electron chi connectivity index (χ0n) is 18.0. The summed E-state index contributed by atoms with van der Waals surface area (Å²) < 4.78 is 0. The molecule has 0 aliphatic carbocycles. The van der Waals surface area contributed by atoms with Crippen molar-refractivity contribution in [2.24, 2.45) is 4.99 Å². The zero-order chi connectivity index (χ0) is 22.4. The van der Waals surface area contributed by atoms with Crippen LogP contribution in [0.3, 0.4) is 0 Å². The molecule has 3 heterocycles. The Balaban J connectivity index is 1.38. The molecule has 2 aromatic rings. The highest BCUT2D eigenvalue weighted by Crippen LogP contribution is 2.39. The van der Waals surface area contributed by atoms with Crippen LogP contribution in [0.4, 0.5) is 10.5 Å². The molecule has 2 atom stereocenters. The Morgan fingerprint density at radius 1 is 1.03 bits per heavy atom. The molecule has 8 nitrogen and oxygen atoms in total. The fraction of sp³-hybridized carbons (Fsp3) is 0.292. The average Bonchev–Trinajstić information content (AvgIpc) is 3.30. The molecule has 1 saturated heterocycles. The van der Waals surface area contributed by atoms with Crippen molar-refractivity contribution in [2.75, 3.05) is 18.5 Å². The van der Waals surface area contributed by atoms with E-state index in [1.54, 1.807) is 25.2 Å². The number of urea groups is 1. The number of rotatable bonds is 5. The number of aliphatic imine (C=N–C) groups is 1. The van der Waals surface area contributed by atoms with E-state index < -0.39 is 12.2 Å². The van der Waals surface area contributed by atoms with Crippen molar-refractivity contribution in [2.45, 2.75) is 32.0 Å². The lowest BCUT2D eigenvalue weighted by Gasteiger charge is -2.40. The van der Waals surface area contributed by atoms with Crippen LogP contribution in [0, 0.1) is 0 Å². The van der Waals surface area contributed by atoms with E-state index in [0.717, 1.165) is 12.1 Å². The number of aromatic hydroxyl groups is 1. The minimum atomic E-state index is -0.616. The molecule has 5 rings (SSSR count). The second kappa shape index (κ2) is 7.71. The molecular formula is C24H25N5O3. The van der Waals surface area contributed by atoms with E-state index in [1.165, 1.54) is 15.4 Å². The lowest BCUT2D eigenvalue weighted by molar-refractivity contribution is -0.136. The largest absolute Gasteiger partial charge is 0.506 e. The summed E-state index contributed by atoms with van der Waals surface area (Å²) in [5.41, 5.74) is 2.60. The second-order valence-electron chi connectivity index (χ2n) is 8.26. The van der Waals surface area contributed by atoms with Crippen LogP contribution < -0.4 is 4.90 Å². The number of amides is 3. The Labute approximate surface area is 186 Å². The normalized spacial score (nSPS) is 22.2. The first-order valence-electron chi connectivity index (χ1n) is 10.7. The second-order valence-corrected chi connectivity index (χ2v) is 8.26. The Morgan fingerprint density at radius 2 is 1.75 bits per heavy atom. The molecular weight excluding hydrogens is 406 g/mol. The topological polar surface area (TPSA) is 79.7 Å². The van der Waals surface area contributed by atoms with Crippen molar-refractivity contribution in [3.63, 3.8) is 0 Å². The van der Waals surface area contributed by atoms with Gasteiger partial charge < -0.3 is 14.9 Å². The van der Waals surface area contributed by atoms with Crippen molar-refractivity contribution in [1.29, 1.82) is 0 Å². The number of likely N-dealkylation sites (N-methyl/N-ethyl adjacent to an activating group) is 1. The maximum atomic E-state index is 13.4. The number of carbonyl (C=O) groups is 2. The number of anilines is 1. The van der Waals surface area contributed by atoms with Gasteiger partial charge in [0.25, 0.3) is 5.91 Å². The molecule has 1 N–H and O–H groups in total. The number of para-hydroxylation sites is 2. The standard InChI is InChI=1S/C24H25N5O3/c1-16-15-28-20-21(25-23(28)29(16)18-12-6-7-13-19(18)30)26(2)24(32)27(22(20)31)14-8-11-17-9-4-3-5-10-17/h3-7,9-10,12-13,15,20-21,30H,8,11,14H2,1-2H3. The number of imide groups is 1. The van der Waals surface area contributed by atoms with Crippen LogP contribution in [0.25, 0.3) is 0 Å². The Hall–Kier alpha value is -3.81. The van der Waals surface area contributed by atoms with E-state index in [0.29, 0.717) is 24.6 Å². The first-order chi connectivity index (χ1) is 15.5. The van der Waals surface area contributed by atoms with E-state index in [9.17, 15) is 14.7 Å². The SMILES string of the molecule is CC1=CN2C(=NC3C2C(=O)N(CCCc2ccccc2)C(=O)N3C)N1c1ccccc1O. The monoisotopic (exact) mass is 431 g/mol.